The third-order valence-corrected chi connectivity index (χ3v) is 5.61. The molecule has 1 aliphatic heterocycles. The summed E-state index contributed by atoms with van der Waals surface area (Å²) in [7, 11) is 3.30. The zero-order chi connectivity index (χ0) is 24.7. The maximum absolute atomic E-state index is 12.9. The first-order valence-electron chi connectivity index (χ1n) is 10.4. The lowest BCUT2D eigenvalue weighted by Crippen LogP contribution is -2.46. The number of amides is 2. The van der Waals surface area contributed by atoms with E-state index < -0.39 is 18.0 Å². The van der Waals surface area contributed by atoms with Gasteiger partial charge in [0.1, 0.15) is 6.61 Å². The average molecular weight is 480 g/mol. The van der Waals surface area contributed by atoms with Gasteiger partial charge in [0.05, 0.1) is 29.9 Å². The van der Waals surface area contributed by atoms with Crippen LogP contribution in [-0.4, -0.2) is 49.4 Å². The summed E-state index contributed by atoms with van der Waals surface area (Å²) in [5, 5.41) is 18.1. The van der Waals surface area contributed by atoms with E-state index in [1.54, 1.807) is 61.3 Å². The van der Waals surface area contributed by atoms with Gasteiger partial charge in [0.25, 0.3) is 0 Å². The van der Waals surface area contributed by atoms with Gasteiger partial charge in [-0.25, -0.2) is 9.59 Å². The predicted octanol–water partition coefficient (Wildman–Crippen LogP) is 3.53. The highest BCUT2D eigenvalue weighted by molar-refractivity contribution is 7.80. The number of ether oxygens (including phenoxy) is 2. The Balaban J connectivity index is 1.81. The number of nitriles is 1. The van der Waals surface area contributed by atoms with E-state index in [0.717, 1.165) is 5.56 Å². The molecular weight excluding hydrogens is 454 g/mol. The van der Waals surface area contributed by atoms with Gasteiger partial charge in [0.15, 0.2) is 5.11 Å². The molecule has 0 saturated heterocycles. The van der Waals surface area contributed by atoms with Gasteiger partial charge in [-0.15, -0.1) is 0 Å². The summed E-state index contributed by atoms with van der Waals surface area (Å²) in [5.41, 5.74) is 3.26. The van der Waals surface area contributed by atoms with Gasteiger partial charge in [-0.05, 0) is 55.0 Å². The topological polar surface area (TPSA) is 116 Å². The van der Waals surface area contributed by atoms with Crippen LogP contribution < -0.4 is 16.0 Å². The van der Waals surface area contributed by atoms with E-state index in [1.807, 2.05) is 12.1 Å². The fourth-order valence-corrected chi connectivity index (χ4v) is 3.66. The molecule has 10 heteroatoms. The summed E-state index contributed by atoms with van der Waals surface area (Å²) in [5.74, 6) is -0.477. The summed E-state index contributed by atoms with van der Waals surface area (Å²) in [6.45, 7) is 2.22. The lowest BCUT2D eigenvalue weighted by Gasteiger charge is -2.35. The van der Waals surface area contributed by atoms with Crippen molar-refractivity contribution in [2.24, 2.45) is 0 Å². The van der Waals surface area contributed by atoms with Gasteiger partial charge >= 0.3 is 12.0 Å². The monoisotopic (exact) mass is 479 g/mol. The van der Waals surface area contributed by atoms with Crippen molar-refractivity contribution in [2.45, 2.75) is 13.0 Å². The van der Waals surface area contributed by atoms with E-state index in [2.05, 4.69) is 16.0 Å². The van der Waals surface area contributed by atoms with Crippen LogP contribution in [0.2, 0.25) is 0 Å². The Morgan fingerprint density at radius 1 is 1.15 bits per heavy atom. The van der Waals surface area contributed by atoms with Crippen LogP contribution in [0, 0.1) is 11.3 Å². The number of rotatable bonds is 7. The Hall–Kier alpha value is -3.94. The average Bonchev–Trinajstić information content (AvgIpc) is 2.82. The number of methoxy groups -OCH3 is 1. The van der Waals surface area contributed by atoms with Gasteiger partial charge < -0.3 is 30.3 Å². The maximum atomic E-state index is 12.9. The van der Waals surface area contributed by atoms with Crippen LogP contribution in [0.3, 0.4) is 0 Å². The van der Waals surface area contributed by atoms with Crippen LogP contribution in [0.5, 0.6) is 0 Å². The standard InChI is InChI=1S/C24H25N5O4S/c1-15-20(22(30)33-11-10-32-3)21(28-24(34)29(15)2)17-7-5-9-19(13-17)27-23(31)26-18-8-4-6-16(12-18)14-25/h4-9,12-13,21H,10-11H2,1-3H3,(H,28,34)(H2,26,27,31). The molecule has 3 N–H and O–H groups in total. The summed E-state index contributed by atoms with van der Waals surface area (Å²) >= 11 is 5.43. The minimum absolute atomic E-state index is 0.127. The van der Waals surface area contributed by atoms with Crippen molar-refractivity contribution < 1.29 is 19.1 Å². The Morgan fingerprint density at radius 2 is 1.82 bits per heavy atom. The molecular formula is C24H25N5O4S. The molecule has 2 aromatic carbocycles. The van der Waals surface area contributed by atoms with E-state index >= 15 is 0 Å². The second-order valence-electron chi connectivity index (χ2n) is 7.47. The van der Waals surface area contributed by atoms with Gasteiger partial charge in [-0.1, -0.05) is 18.2 Å². The van der Waals surface area contributed by atoms with Crippen LogP contribution in [0.15, 0.2) is 59.8 Å². The smallest absolute Gasteiger partial charge is 0.338 e. The van der Waals surface area contributed by atoms with E-state index in [1.165, 1.54) is 7.11 Å². The molecule has 0 bridgehead atoms. The lowest BCUT2D eigenvalue weighted by atomic mass is 9.95. The molecule has 0 aliphatic carbocycles. The SMILES string of the molecule is COCCOC(=O)C1=C(C)N(C)C(=S)NC1c1cccc(NC(=O)Nc2cccc(C#N)c2)c1. The molecule has 0 radical (unpaired) electrons. The molecule has 1 aliphatic rings. The number of urea groups is 1. The Morgan fingerprint density at radius 3 is 2.50 bits per heavy atom. The quantitative estimate of drug-likeness (QED) is 0.314. The van der Waals surface area contributed by atoms with E-state index in [0.29, 0.717) is 33.3 Å². The number of hydrogen-bond acceptors (Lipinski definition) is 6. The molecule has 0 fully saturated rings. The summed E-state index contributed by atoms with van der Waals surface area (Å²) in [4.78, 5) is 27.1. The first kappa shape index (κ1) is 24.7. The van der Waals surface area contributed by atoms with Crippen molar-refractivity contribution >= 4 is 40.7 Å². The molecule has 0 aromatic heterocycles. The summed E-state index contributed by atoms with van der Waals surface area (Å²) in [6, 6.07) is 14.7. The number of nitrogens with one attached hydrogen (secondary N) is 3. The van der Waals surface area contributed by atoms with Crippen molar-refractivity contribution in [3.8, 4) is 6.07 Å². The number of carbonyl (C=O) groups is 2. The second kappa shape index (κ2) is 11.3. The van der Waals surface area contributed by atoms with Gasteiger partial charge in [0.2, 0.25) is 0 Å². The molecule has 34 heavy (non-hydrogen) atoms. The number of carbonyl (C=O) groups excluding carboxylic acids is 2. The number of thiocarbonyl (C=S) groups is 1. The number of nitrogens with zero attached hydrogens (tertiary/aromatic N) is 2. The van der Waals surface area contributed by atoms with Gasteiger partial charge in [-0.2, -0.15) is 5.26 Å². The van der Waals surface area contributed by atoms with E-state index in [4.69, 9.17) is 27.0 Å². The molecule has 176 valence electrons. The zero-order valence-electron chi connectivity index (χ0n) is 19.0. The molecule has 2 amide bonds. The second-order valence-corrected chi connectivity index (χ2v) is 7.85. The van der Waals surface area contributed by atoms with Crippen LogP contribution in [0.1, 0.15) is 24.1 Å². The largest absolute Gasteiger partial charge is 0.460 e. The van der Waals surface area contributed by atoms with Gasteiger partial charge in [-0.3, -0.25) is 0 Å². The Bertz CT molecular complexity index is 1170. The first-order chi connectivity index (χ1) is 16.3. The minimum atomic E-state index is -0.559. The number of allylic oxidation sites excluding steroid dienone is 1. The summed E-state index contributed by atoms with van der Waals surface area (Å²) in [6.07, 6.45) is 0. The van der Waals surface area contributed by atoms with E-state index in [9.17, 15) is 9.59 Å². The minimum Gasteiger partial charge on any atom is -0.460 e. The Kier molecular flexibility index (Phi) is 8.19. The van der Waals surface area contributed by atoms with Gasteiger partial charge in [0, 0.05) is 31.2 Å². The van der Waals surface area contributed by atoms with Crippen LogP contribution >= 0.6 is 12.2 Å². The van der Waals surface area contributed by atoms with Crippen LogP contribution in [0.4, 0.5) is 16.2 Å². The number of esters is 1. The highest BCUT2D eigenvalue weighted by Gasteiger charge is 2.33. The highest BCUT2D eigenvalue weighted by atomic mass is 32.1. The van der Waals surface area contributed by atoms with Crippen molar-refractivity contribution in [3.63, 3.8) is 0 Å². The third-order valence-electron chi connectivity index (χ3n) is 5.22. The van der Waals surface area contributed by atoms with Crippen molar-refractivity contribution in [1.82, 2.24) is 10.2 Å². The normalized spacial score (nSPS) is 15.3. The molecule has 9 nitrogen and oxygen atoms in total. The van der Waals surface area contributed by atoms with Crippen molar-refractivity contribution in [3.05, 3.63) is 70.9 Å². The molecule has 2 aromatic rings. The fourth-order valence-electron chi connectivity index (χ4n) is 3.40. The maximum Gasteiger partial charge on any atom is 0.338 e. The van der Waals surface area contributed by atoms with Crippen molar-refractivity contribution in [1.29, 1.82) is 5.26 Å². The zero-order valence-corrected chi connectivity index (χ0v) is 19.9. The third kappa shape index (κ3) is 5.89. The first-order valence-corrected chi connectivity index (χ1v) is 10.8. The van der Waals surface area contributed by atoms with Crippen LogP contribution in [-0.2, 0) is 14.3 Å². The molecule has 1 unspecified atom stereocenters. The molecule has 0 saturated carbocycles. The molecule has 0 spiro atoms. The number of anilines is 2. The van der Waals surface area contributed by atoms with Crippen molar-refractivity contribution in [2.75, 3.05) is 38.0 Å². The lowest BCUT2D eigenvalue weighted by molar-refractivity contribution is -0.140. The van der Waals surface area contributed by atoms with Crippen LogP contribution in [0.25, 0.3) is 0 Å². The number of hydrogen-bond donors (Lipinski definition) is 3. The predicted molar refractivity (Wildman–Crippen MR) is 132 cm³/mol. The molecule has 1 heterocycles. The summed E-state index contributed by atoms with van der Waals surface area (Å²) < 4.78 is 10.3. The highest BCUT2D eigenvalue weighted by Crippen LogP contribution is 2.32. The Labute approximate surface area is 203 Å². The fraction of sp³-hybridized carbons (Fsp3) is 0.250. The molecule has 3 rings (SSSR count). The number of benzene rings is 2. The van der Waals surface area contributed by atoms with E-state index in [-0.39, 0.29) is 13.2 Å². The molecule has 1 atom stereocenters.